The third-order valence-electron chi connectivity index (χ3n) is 4.98. The minimum Gasteiger partial charge on any atom is -0.459 e. The summed E-state index contributed by atoms with van der Waals surface area (Å²) in [5, 5.41) is 9.41. The first kappa shape index (κ1) is 20.9. The van der Waals surface area contributed by atoms with Gasteiger partial charge in [-0.2, -0.15) is 0 Å². The molecule has 7 heteroatoms. The second kappa shape index (κ2) is 11.3. The van der Waals surface area contributed by atoms with Crippen LogP contribution < -0.4 is 16.0 Å². The fourth-order valence-corrected chi connectivity index (χ4v) is 3.53. The fourth-order valence-electron chi connectivity index (χ4n) is 3.53. The van der Waals surface area contributed by atoms with Gasteiger partial charge in [-0.05, 0) is 50.6 Å². The van der Waals surface area contributed by atoms with Crippen LogP contribution in [-0.2, 0) is 0 Å². The van der Waals surface area contributed by atoms with Crippen molar-refractivity contribution in [3.63, 3.8) is 0 Å². The van der Waals surface area contributed by atoms with Crippen molar-refractivity contribution in [3.8, 4) is 0 Å². The average molecular weight is 398 g/mol. The summed E-state index contributed by atoms with van der Waals surface area (Å²) in [6, 6.07) is 14.2. The van der Waals surface area contributed by atoms with Crippen molar-refractivity contribution < 1.29 is 9.21 Å². The molecule has 1 aliphatic rings. The van der Waals surface area contributed by atoms with E-state index in [1.165, 1.54) is 24.7 Å². The maximum Gasteiger partial charge on any atom is 0.287 e. The van der Waals surface area contributed by atoms with E-state index in [1.807, 2.05) is 6.92 Å². The maximum absolute atomic E-state index is 11.9. The van der Waals surface area contributed by atoms with Crippen LogP contribution in [0, 0.1) is 0 Å². The Hall–Kier alpha value is -2.80. The fraction of sp³-hybridized carbons (Fsp3) is 0.455. The first-order valence-corrected chi connectivity index (χ1v) is 10.4. The van der Waals surface area contributed by atoms with E-state index >= 15 is 0 Å². The van der Waals surface area contributed by atoms with E-state index in [2.05, 4.69) is 51.2 Å². The van der Waals surface area contributed by atoms with E-state index in [1.54, 1.807) is 12.1 Å². The molecule has 2 heterocycles. The smallest absolute Gasteiger partial charge is 0.287 e. The van der Waals surface area contributed by atoms with Gasteiger partial charge in [-0.25, -0.2) is 0 Å². The van der Waals surface area contributed by atoms with Gasteiger partial charge in [0.2, 0.25) is 0 Å². The van der Waals surface area contributed by atoms with Gasteiger partial charge in [-0.15, -0.1) is 0 Å². The third kappa shape index (κ3) is 6.35. The van der Waals surface area contributed by atoms with E-state index in [9.17, 15) is 4.79 Å². The molecule has 2 aromatic rings. The summed E-state index contributed by atoms with van der Waals surface area (Å²) in [4.78, 5) is 19.3. The minimum atomic E-state index is -0.211. The van der Waals surface area contributed by atoms with Crippen LogP contribution in [0.25, 0.3) is 0 Å². The van der Waals surface area contributed by atoms with Crippen molar-refractivity contribution in [1.82, 2.24) is 20.9 Å². The molecule has 1 amide bonds. The number of rotatable bonds is 9. The van der Waals surface area contributed by atoms with Crippen LogP contribution in [0.3, 0.4) is 0 Å². The summed E-state index contributed by atoms with van der Waals surface area (Å²) in [5.74, 6) is 0.874. The summed E-state index contributed by atoms with van der Waals surface area (Å²) >= 11 is 0. The van der Waals surface area contributed by atoms with Gasteiger partial charge >= 0.3 is 0 Å². The Labute approximate surface area is 172 Å². The molecule has 1 aliphatic heterocycles. The lowest BCUT2D eigenvalue weighted by molar-refractivity contribution is 0.0926. The number of hydrogen-bond acceptors (Lipinski definition) is 4. The Morgan fingerprint density at radius 3 is 2.52 bits per heavy atom. The number of guanidine groups is 1. The zero-order valence-corrected chi connectivity index (χ0v) is 17.1. The number of nitrogens with one attached hydrogen (secondary N) is 3. The van der Waals surface area contributed by atoms with Crippen molar-refractivity contribution >= 4 is 11.9 Å². The first-order chi connectivity index (χ1) is 14.3. The van der Waals surface area contributed by atoms with Gasteiger partial charge in [-0.3, -0.25) is 14.7 Å². The molecule has 0 bridgehead atoms. The predicted octanol–water partition coefficient (Wildman–Crippen LogP) is 2.40. The van der Waals surface area contributed by atoms with Crippen LogP contribution in [0.4, 0.5) is 0 Å². The largest absolute Gasteiger partial charge is 0.459 e. The van der Waals surface area contributed by atoms with Gasteiger partial charge in [0, 0.05) is 19.6 Å². The summed E-state index contributed by atoms with van der Waals surface area (Å²) in [5.41, 5.74) is 1.31. The van der Waals surface area contributed by atoms with E-state index in [0.29, 0.717) is 25.4 Å². The van der Waals surface area contributed by atoms with Crippen LogP contribution >= 0.6 is 0 Å². The molecule has 1 saturated heterocycles. The molecule has 1 fully saturated rings. The number of aliphatic imine (C=N–C) groups is 1. The molecular weight excluding hydrogens is 366 g/mol. The molecule has 156 valence electrons. The Morgan fingerprint density at radius 2 is 1.83 bits per heavy atom. The Balaban J connectivity index is 1.54. The molecule has 3 rings (SSSR count). The summed E-state index contributed by atoms with van der Waals surface area (Å²) < 4.78 is 5.09. The molecule has 1 aromatic heterocycles. The van der Waals surface area contributed by atoms with E-state index < -0.39 is 0 Å². The highest BCUT2D eigenvalue weighted by atomic mass is 16.3. The number of likely N-dealkylation sites (tertiary alicyclic amines) is 1. The molecule has 0 aliphatic carbocycles. The van der Waals surface area contributed by atoms with Crippen LogP contribution in [0.15, 0.2) is 58.1 Å². The second-order valence-corrected chi connectivity index (χ2v) is 7.05. The summed E-state index contributed by atoms with van der Waals surface area (Å²) in [6.07, 6.45) is 3.99. The van der Waals surface area contributed by atoms with Gasteiger partial charge in [0.1, 0.15) is 0 Å². The van der Waals surface area contributed by atoms with Gasteiger partial charge in [0.15, 0.2) is 11.7 Å². The van der Waals surface area contributed by atoms with Gasteiger partial charge in [0.25, 0.3) is 5.91 Å². The number of benzene rings is 1. The number of carbonyl (C=O) groups excluding carboxylic acids is 1. The zero-order valence-electron chi connectivity index (χ0n) is 17.1. The lowest BCUT2D eigenvalue weighted by atomic mass is 10.1. The lowest BCUT2D eigenvalue weighted by Gasteiger charge is -2.27. The number of furan rings is 1. The molecule has 0 radical (unpaired) electrons. The topological polar surface area (TPSA) is 81.9 Å². The summed E-state index contributed by atoms with van der Waals surface area (Å²) in [7, 11) is 0. The van der Waals surface area contributed by atoms with Crippen molar-refractivity contribution in [3.05, 3.63) is 60.1 Å². The highest BCUT2D eigenvalue weighted by Gasteiger charge is 2.23. The maximum atomic E-state index is 11.9. The highest BCUT2D eigenvalue weighted by Crippen LogP contribution is 2.25. The molecule has 3 N–H and O–H groups in total. The van der Waals surface area contributed by atoms with Crippen LogP contribution in [-0.4, -0.2) is 56.0 Å². The Morgan fingerprint density at radius 1 is 1.07 bits per heavy atom. The van der Waals surface area contributed by atoms with E-state index in [-0.39, 0.29) is 11.9 Å². The van der Waals surface area contributed by atoms with Crippen LogP contribution in [0.5, 0.6) is 0 Å². The zero-order chi connectivity index (χ0) is 20.3. The molecular formula is C22H31N5O2. The van der Waals surface area contributed by atoms with Crippen molar-refractivity contribution in [2.24, 2.45) is 4.99 Å². The van der Waals surface area contributed by atoms with Gasteiger partial charge in [0.05, 0.1) is 18.8 Å². The number of amides is 1. The molecule has 1 aromatic carbocycles. The standard InChI is InChI=1S/C22H31N5O2/c1-2-23-22(25-13-12-24-21(28)20-11-8-16-29-20)26-17-19(27-14-6-7-15-27)18-9-4-3-5-10-18/h3-5,8-11,16,19H,2,6-7,12-15,17H2,1H3,(H,24,28)(H2,23,25,26). The normalized spacial score (nSPS) is 15.8. The van der Waals surface area contributed by atoms with Crippen molar-refractivity contribution in [1.29, 1.82) is 0 Å². The number of nitrogens with zero attached hydrogens (tertiary/aromatic N) is 2. The molecule has 7 nitrogen and oxygen atoms in total. The first-order valence-electron chi connectivity index (χ1n) is 10.4. The Kier molecular flexibility index (Phi) is 8.12. The van der Waals surface area contributed by atoms with Crippen LogP contribution in [0.1, 0.15) is 41.9 Å². The minimum absolute atomic E-state index is 0.211. The quantitative estimate of drug-likeness (QED) is 0.344. The van der Waals surface area contributed by atoms with Gasteiger partial charge < -0.3 is 20.4 Å². The van der Waals surface area contributed by atoms with E-state index in [0.717, 1.165) is 25.6 Å². The average Bonchev–Trinajstić information content (AvgIpc) is 3.46. The lowest BCUT2D eigenvalue weighted by Crippen LogP contribution is -2.42. The van der Waals surface area contributed by atoms with Crippen LogP contribution in [0.2, 0.25) is 0 Å². The third-order valence-corrected chi connectivity index (χ3v) is 4.98. The monoisotopic (exact) mass is 397 g/mol. The molecule has 1 atom stereocenters. The second-order valence-electron chi connectivity index (χ2n) is 7.05. The molecule has 0 saturated carbocycles. The number of carbonyl (C=O) groups is 1. The number of hydrogen-bond donors (Lipinski definition) is 3. The Bertz CT molecular complexity index is 755. The highest BCUT2D eigenvalue weighted by molar-refractivity contribution is 5.91. The van der Waals surface area contributed by atoms with E-state index in [4.69, 9.17) is 9.41 Å². The molecule has 29 heavy (non-hydrogen) atoms. The SMILES string of the molecule is CCNC(=NCC(c1ccccc1)N1CCCC1)NCCNC(=O)c1ccco1. The summed E-state index contributed by atoms with van der Waals surface area (Å²) in [6.45, 7) is 6.83. The van der Waals surface area contributed by atoms with Crippen molar-refractivity contribution in [2.75, 3.05) is 39.3 Å². The predicted molar refractivity (Wildman–Crippen MR) is 115 cm³/mol. The molecule has 0 spiro atoms. The van der Waals surface area contributed by atoms with Crippen molar-refractivity contribution in [2.45, 2.75) is 25.8 Å². The van der Waals surface area contributed by atoms with Gasteiger partial charge in [-0.1, -0.05) is 30.3 Å². The molecule has 1 unspecified atom stereocenters.